The lowest BCUT2D eigenvalue weighted by Crippen LogP contribution is -2.15. The topological polar surface area (TPSA) is 34.1 Å². The summed E-state index contributed by atoms with van der Waals surface area (Å²) in [5.41, 5.74) is 0.929. The van der Waals surface area contributed by atoms with Crippen LogP contribution in [0, 0.1) is 5.82 Å². The summed E-state index contributed by atoms with van der Waals surface area (Å²) in [5.74, 6) is 0.453. The van der Waals surface area contributed by atoms with E-state index in [0.717, 1.165) is 10.0 Å². The molecule has 1 aromatic heterocycles. The molecule has 3 rings (SSSR count). The van der Waals surface area contributed by atoms with Gasteiger partial charge in [0.25, 0.3) is 0 Å². The molecule has 0 atom stereocenters. The number of benzene rings is 1. The summed E-state index contributed by atoms with van der Waals surface area (Å²) in [4.78, 5) is 4.10. The Labute approximate surface area is 125 Å². The first-order valence-electron chi connectivity index (χ1n) is 6.51. The van der Waals surface area contributed by atoms with E-state index in [-0.39, 0.29) is 11.6 Å². The van der Waals surface area contributed by atoms with Crippen molar-refractivity contribution in [3.05, 3.63) is 52.5 Å². The highest BCUT2D eigenvalue weighted by Gasteiger charge is 2.20. The summed E-state index contributed by atoms with van der Waals surface area (Å²) in [5, 5.41) is 3.40. The van der Waals surface area contributed by atoms with E-state index >= 15 is 0 Å². The van der Waals surface area contributed by atoms with Gasteiger partial charge in [-0.05, 0) is 37.1 Å². The fraction of sp³-hybridized carbons (Fsp3) is 0.267. The number of nitrogens with zero attached hydrogens (tertiary/aromatic N) is 1. The molecule has 1 aliphatic rings. The van der Waals surface area contributed by atoms with Gasteiger partial charge in [-0.2, -0.15) is 0 Å². The molecule has 0 unspecified atom stereocenters. The molecule has 0 amide bonds. The summed E-state index contributed by atoms with van der Waals surface area (Å²) in [6, 6.07) is 7.00. The van der Waals surface area contributed by atoms with E-state index in [1.165, 1.54) is 18.9 Å². The van der Waals surface area contributed by atoms with Gasteiger partial charge in [0.1, 0.15) is 5.75 Å². The number of halogens is 2. The van der Waals surface area contributed by atoms with Gasteiger partial charge in [0.15, 0.2) is 11.6 Å². The average Bonchev–Trinajstić information content (AvgIpc) is 3.26. The fourth-order valence-electron chi connectivity index (χ4n) is 1.86. The van der Waals surface area contributed by atoms with Crippen molar-refractivity contribution in [2.24, 2.45) is 0 Å². The van der Waals surface area contributed by atoms with Gasteiger partial charge in [0.2, 0.25) is 0 Å². The quantitative estimate of drug-likeness (QED) is 0.895. The first-order valence-corrected chi connectivity index (χ1v) is 7.31. The lowest BCUT2D eigenvalue weighted by atomic mass is 10.2. The standard InChI is InChI=1S/C15H14BrFN2O/c16-11-1-4-13(17)15(7-11)20-14-5-6-18-8-10(14)9-19-12-2-3-12/h1,4-8,12,19H,2-3,9H2. The second-order valence-electron chi connectivity index (χ2n) is 4.82. The Morgan fingerprint density at radius 2 is 2.15 bits per heavy atom. The maximum absolute atomic E-state index is 13.7. The molecular formula is C15H14BrFN2O. The number of ether oxygens (including phenoxy) is 1. The molecule has 1 saturated carbocycles. The Kier molecular flexibility index (Phi) is 3.98. The Morgan fingerprint density at radius 1 is 1.30 bits per heavy atom. The molecule has 20 heavy (non-hydrogen) atoms. The Morgan fingerprint density at radius 3 is 2.95 bits per heavy atom. The van der Waals surface area contributed by atoms with Gasteiger partial charge >= 0.3 is 0 Å². The molecule has 0 bridgehead atoms. The predicted molar refractivity (Wildman–Crippen MR) is 78.3 cm³/mol. The van der Waals surface area contributed by atoms with Crippen molar-refractivity contribution in [3.63, 3.8) is 0 Å². The molecule has 1 aliphatic carbocycles. The van der Waals surface area contributed by atoms with Crippen LogP contribution in [0.1, 0.15) is 18.4 Å². The number of rotatable bonds is 5. The highest BCUT2D eigenvalue weighted by molar-refractivity contribution is 9.10. The molecule has 0 saturated heterocycles. The molecule has 1 fully saturated rings. The molecule has 1 heterocycles. The Bertz CT molecular complexity index is 617. The third-order valence-corrected chi connectivity index (χ3v) is 3.62. The molecule has 1 aromatic carbocycles. The molecule has 104 valence electrons. The molecule has 1 N–H and O–H groups in total. The lowest BCUT2D eigenvalue weighted by Gasteiger charge is -2.12. The van der Waals surface area contributed by atoms with Crippen molar-refractivity contribution in [2.75, 3.05) is 0 Å². The zero-order valence-electron chi connectivity index (χ0n) is 10.8. The highest BCUT2D eigenvalue weighted by atomic mass is 79.9. The molecular weight excluding hydrogens is 323 g/mol. The molecule has 0 spiro atoms. The summed E-state index contributed by atoms with van der Waals surface area (Å²) in [6.07, 6.45) is 5.83. The van der Waals surface area contributed by atoms with Crippen LogP contribution < -0.4 is 10.1 Å². The smallest absolute Gasteiger partial charge is 0.165 e. The first kappa shape index (κ1) is 13.5. The minimum Gasteiger partial charge on any atom is -0.454 e. The van der Waals surface area contributed by atoms with E-state index in [1.807, 2.05) is 0 Å². The van der Waals surface area contributed by atoms with Gasteiger partial charge in [-0.1, -0.05) is 15.9 Å². The van der Waals surface area contributed by atoms with Crippen molar-refractivity contribution >= 4 is 15.9 Å². The molecule has 0 radical (unpaired) electrons. The van der Waals surface area contributed by atoms with E-state index in [2.05, 4.69) is 26.2 Å². The minimum atomic E-state index is -0.383. The Balaban J connectivity index is 1.80. The predicted octanol–water partition coefficient (Wildman–Crippen LogP) is 4.03. The van der Waals surface area contributed by atoms with Crippen LogP contribution in [-0.2, 0) is 6.54 Å². The first-order chi connectivity index (χ1) is 9.72. The van der Waals surface area contributed by atoms with Gasteiger partial charge in [0, 0.05) is 35.0 Å². The lowest BCUT2D eigenvalue weighted by molar-refractivity contribution is 0.434. The zero-order chi connectivity index (χ0) is 13.9. The third kappa shape index (κ3) is 3.35. The van der Waals surface area contributed by atoms with Crippen LogP contribution in [0.25, 0.3) is 0 Å². The number of pyridine rings is 1. The summed E-state index contributed by atoms with van der Waals surface area (Å²) >= 11 is 3.31. The monoisotopic (exact) mass is 336 g/mol. The number of nitrogens with one attached hydrogen (secondary N) is 1. The second-order valence-corrected chi connectivity index (χ2v) is 5.73. The normalized spacial score (nSPS) is 14.3. The molecule has 5 heteroatoms. The van der Waals surface area contributed by atoms with Crippen molar-refractivity contribution in [1.29, 1.82) is 0 Å². The highest BCUT2D eigenvalue weighted by Crippen LogP contribution is 2.30. The van der Waals surface area contributed by atoms with E-state index < -0.39 is 0 Å². The van der Waals surface area contributed by atoms with Crippen LogP contribution in [0.3, 0.4) is 0 Å². The van der Waals surface area contributed by atoms with Gasteiger partial charge in [-0.25, -0.2) is 4.39 Å². The van der Waals surface area contributed by atoms with E-state index in [4.69, 9.17) is 4.74 Å². The van der Waals surface area contributed by atoms with Gasteiger partial charge in [-0.15, -0.1) is 0 Å². The van der Waals surface area contributed by atoms with E-state index in [9.17, 15) is 4.39 Å². The van der Waals surface area contributed by atoms with Crippen LogP contribution >= 0.6 is 15.9 Å². The third-order valence-electron chi connectivity index (χ3n) is 3.13. The van der Waals surface area contributed by atoms with Crippen molar-refractivity contribution in [1.82, 2.24) is 10.3 Å². The second kappa shape index (κ2) is 5.89. The van der Waals surface area contributed by atoms with Crippen LogP contribution in [-0.4, -0.2) is 11.0 Å². The average molecular weight is 337 g/mol. The van der Waals surface area contributed by atoms with Gasteiger partial charge < -0.3 is 10.1 Å². The van der Waals surface area contributed by atoms with E-state index in [1.54, 1.807) is 30.6 Å². The van der Waals surface area contributed by atoms with Crippen LogP contribution in [0.5, 0.6) is 11.5 Å². The van der Waals surface area contributed by atoms with Gasteiger partial charge in [0.05, 0.1) is 0 Å². The maximum atomic E-state index is 13.7. The van der Waals surface area contributed by atoms with Crippen molar-refractivity contribution in [2.45, 2.75) is 25.4 Å². The van der Waals surface area contributed by atoms with Crippen LogP contribution in [0.4, 0.5) is 4.39 Å². The number of hydrogen-bond donors (Lipinski definition) is 1. The summed E-state index contributed by atoms with van der Waals surface area (Å²) in [7, 11) is 0. The van der Waals surface area contributed by atoms with Gasteiger partial charge in [-0.3, -0.25) is 4.98 Å². The Hall–Kier alpha value is -1.46. The van der Waals surface area contributed by atoms with E-state index in [0.29, 0.717) is 18.3 Å². The molecule has 3 nitrogen and oxygen atoms in total. The van der Waals surface area contributed by atoms with Crippen molar-refractivity contribution < 1.29 is 9.13 Å². The summed E-state index contributed by atoms with van der Waals surface area (Å²) in [6.45, 7) is 0.684. The zero-order valence-corrected chi connectivity index (χ0v) is 12.4. The largest absolute Gasteiger partial charge is 0.454 e. The maximum Gasteiger partial charge on any atom is 0.165 e. The summed E-state index contributed by atoms with van der Waals surface area (Å²) < 4.78 is 20.2. The van der Waals surface area contributed by atoms with Crippen molar-refractivity contribution in [3.8, 4) is 11.5 Å². The number of aromatic nitrogens is 1. The molecule has 2 aromatic rings. The molecule has 0 aliphatic heterocycles. The minimum absolute atomic E-state index is 0.207. The number of hydrogen-bond acceptors (Lipinski definition) is 3. The van der Waals surface area contributed by atoms with Crippen LogP contribution in [0.2, 0.25) is 0 Å². The fourth-order valence-corrected chi connectivity index (χ4v) is 2.20. The van der Waals surface area contributed by atoms with Crippen LogP contribution in [0.15, 0.2) is 41.1 Å². The SMILES string of the molecule is Fc1ccc(Br)cc1Oc1ccncc1CNC1CC1.